The van der Waals surface area contributed by atoms with Gasteiger partial charge in [-0.25, -0.2) is 0 Å². The van der Waals surface area contributed by atoms with Crippen LogP contribution in [0, 0.1) is 5.92 Å². The van der Waals surface area contributed by atoms with Crippen LogP contribution in [0.5, 0.6) is 17.2 Å². The second kappa shape index (κ2) is 8.63. The Labute approximate surface area is 170 Å². The lowest BCUT2D eigenvalue weighted by Crippen LogP contribution is -2.47. The van der Waals surface area contributed by atoms with Crippen molar-refractivity contribution < 1.29 is 23.8 Å². The zero-order chi connectivity index (χ0) is 21.1. The van der Waals surface area contributed by atoms with Crippen LogP contribution in [-0.4, -0.2) is 62.2 Å². The number of hydrogen-bond acceptors (Lipinski definition) is 5. The fourth-order valence-electron chi connectivity index (χ4n) is 3.73. The highest BCUT2D eigenvalue weighted by atomic mass is 16.5. The van der Waals surface area contributed by atoms with E-state index in [0.717, 1.165) is 18.2 Å². The van der Waals surface area contributed by atoms with Crippen molar-refractivity contribution >= 4 is 22.7 Å². The van der Waals surface area contributed by atoms with Crippen LogP contribution in [0.25, 0.3) is 10.9 Å². The van der Waals surface area contributed by atoms with Gasteiger partial charge in [-0.15, -0.1) is 0 Å². The number of H-pyrrole nitrogens is 1. The van der Waals surface area contributed by atoms with E-state index in [4.69, 9.17) is 14.2 Å². The molecule has 0 atom stereocenters. The molecule has 0 saturated carbocycles. The number of fused-ring (bicyclic) bond motifs is 1. The van der Waals surface area contributed by atoms with Crippen LogP contribution in [0.15, 0.2) is 12.1 Å². The largest absolute Gasteiger partial charge is 0.496 e. The van der Waals surface area contributed by atoms with E-state index in [1.165, 1.54) is 0 Å². The number of benzene rings is 1. The average Bonchev–Trinajstić information content (AvgIpc) is 3.17. The molecule has 1 aliphatic rings. The van der Waals surface area contributed by atoms with Gasteiger partial charge < -0.3 is 29.4 Å². The maximum Gasteiger partial charge on any atom is 0.267 e. The summed E-state index contributed by atoms with van der Waals surface area (Å²) in [5.41, 5.74) is 1.07. The first-order valence-corrected chi connectivity index (χ1v) is 9.80. The second-order valence-electron chi connectivity index (χ2n) is 7.51. The first kappa shape index (κ1) is 20.8. The van der Waals surface area contributed by atoms with Crippen molar-refractivity contribution in [3.63, 3.8) is 0 Å². The number of aromatic nitrogens is 1. The molecule has 0 spiro atoms. The maximum absolute atomic E-state index is 12.8. The number of methoxy groups -OCH3 is 3. The third-order valence-corrected chi connectivity index (χ3v) is 5.32. The number of carbonyl (C=O) groups excluding carboxylic acids is 2. The standard InChI is InChI=1S/C21H29N3O5/c1-12(2)21(26)24-8-6-13(7-9-24)22-20(25)15-10-14-16(27-3)11-17(28-4)19(29-5)18(14)23-15/h10-13,23H,6-9H2,1-5H3,(H,22,25). The Hall–Kier alpha value is -2.90. The third kappa shape index (κ3) is 4.11. The molecule has 158 valence electrons. The van der Waals surface area contributed by atoms with Gasteiger partial charge in [0, 0.05) is 36.5 Å². The summed E-state index contributed by atoms with van der Waals surface area (Å²) in [5, 5.41) is 3.81. The molecule has 2 aromatic rings. The molecule has 0 bridgehead atoms. The Morgan fingerprint density at radius 2 is 1.72 bits per heavy atom. The molecule has 1 fully saturated rings. The summed E-state index contributed by atoms with van der Waals surface area (Å²) in [5.74, 6) is 1.59. The quantitative estimate of drug-likeness (QED) is 0.773. The lowest BCUT2D eigenvalue weighted by atomic mass is 10.0. The van der Waals surface area contributed by atoms with Gasteiger partial charge in [0.05, 0.1) is 26.8 Å². The Kier molecular flexibility index (Phi) is 6.20. The number of nitrogens with zero attached hydrogens (tertiary/aromatic N) is 1. The van der Waals surface area contributed by atoms with Gasteiger partial charge in [0.1, 0.15) is 11.4 Å². The fraction of sp³-hybridized carbons (Fsp3) is 0.524. The van der Waals surface area contributed by atoms with Gasteiger partial charge in [0.25, 0.3) is 5.91 Å². The molecule has 0 radical (unpaired) electrons. The highest BCUT2D eigenvalue weighted by molar-refractivity contribution is 6.02. The predicted molar refractivity (Wildman–Crippen MR) is 110 cm³/mol. The second-order valence-corrected chi connectivity index (χ2v) is 7.51. The smallest absolute Gasteiger partial charge is 0.267 e. The van der Waals surface area contributed by atoms with E-state index >= 15 is 0 Å². The van der Waals surface area contributed by atoms with E-state index in [9.17, 15) is 9.59 Å². The van der Waals surface area contributed by atoms with E-state index in [0.29, 0.717) is 41.5 Å². The molecule has 2 heterocycles. The number of hydrogen-bond donors (Lipinski definition) is 2. The molecule has 3 rings (SSSR count). The number of ether oxygens (including phenoxy) is 3. The van der Waals surface area contributed by atoms with Crippen molar-refractivity contribution in [3.05, 3.63) is 17.8 Å². The van der Waals surface area contributed by atoms with E-state index in [1.807, 2.05) is 18.7 Å². The molecule has 8 nitrogen and oxygen atoms in total. The molecular formula is C21H29N3O5. The number of nitrogens with one attached hydrogen (secondary N) is 2. The molecule has 0 aliphatic carbocycles. The molecule has 1 aliphatic heterocycles. The maximum atomic E-state index is 12.8. The van der Waals surface area contributed by atoms with Gasteiger partial charge in [-0.05, 0) is 18.9 Å². The first-order valence-electron chi connectivity index (χ1n) is 9.80. The normalized spacial score (nSPS) is 14.9. The summed E-state index contributed by atoms with van der Waals surface area (Å²) in [6, 6.07) is 3.52. The van der Waals surface area contributed by atoms with Crippen LogP contribution in [0.2, 0.25) is 0 Å². The minimum Gasteiger partial charge on any atom is -0.496 e. The molecule has 1 saturated heterocycles. The van der Waals surface area contributed by atoms with Crippen molar-refractivity contribution in [3.8, 4) is 17.2 Å². The molecule has 1 aromatic heterocycles. The summed E-state index contributed by atoms with van der Waals surface area (Å²) in [6.07, 6.45) is 1.48. The van der Waals surface area contributed by atoms with Crippen LogP contribution in [0.3, 0.4) is 0 Å². The van der Waals surface area contributed by atoms with E-state index < -0.39 is 0 Å². The number of rotatable bonds is 6. The van der Waals surface area contributed by atoms with Gasteiger partial charge >= 0.3 is 0 Å². The Balaban J connectivity index is 1.76. The lowest BCUT2D eigenvalue weighted by molar-refractivity contribution is -0.135. The Bertz CT molecular complexity index is 897. The van der Waals surface area contributed by atoms with Crippen molar-refractivity contribution in [1.29, 1.82) is 0 Å². The molecule has 2 N–H and O–H groups in total. The SMILES string of the molecule is COc1cc(OC)c2cc(C(=O)NC3CCN(C(=O)C(C)C)CC3)[nH]c2c1OC. The zero-order valence-electron chi connectivity index (χ0n) is 17.6. The Morgan fingerprint density at radius 3 is 2.28 bits per heavy atom. The van der Waals surface area contributed by atoms with Crippen LogP contribution >= 0.6 is 0 Å². The summed E-state index contributed by atoms with van der Waals surface area (Å²) in [7, 11) is 4.67. The van der Waals surface area contributed by atoms with Gasteiger partial charge in [0.15, 0.2) is 11.5 Å². The van der Waals surface area contributed by atoms with Crippen LogP contribution in [0.4, 0.5) is 0 Å². The Morgan fingerprint density at radius 1 is 1.07 bits per heavy atom. The van der Waals surface area contributed by atoms with Gasteiger partial charge in [-0.1, -0.05) is 13.8 Å². The van der Waals surface area contributed by atoms with Crippen molar-refractivity contribution in [1.82, 2.24) is 15.2 Å². The monoisotopic (exact) mass is 403 g/mol. The molecule has 2 amide bonds. The number of aromatic amines is 1. The van der Waals surface area contributed by atoms with Crippen molar-refractivity contribution in [2.45, 2.75) is 32.7 Å². The summed E-state index contributed by atoms with van der Waals surface area (Å²) in [4.78, 5) is 30.0. The van der Waals surface area contributed by atoms with Crippen LogP contribution in [0.1, 0.15) is 37.2 Å². The van der Waals surface area contributed by atoms with E-state index in [1.54, 1.807) is 33.5 Å². The minimum absolute atomic E-state index is 0.00515. The van der Waals surface area contributed by atoms with Gasteiger partial charge in [-0.3, -0.25) is 9.59 Å². The van der Waals surface area contributed by atoms with Crippen LogP contribution in [-0.2, 0) is 4.79 Å². The van der Waals surface area contributed by atoms with E-state index in [-0.39, 0.29) is 23.8 Å². The lowest BCUT2D eigenvalue weighted by Gasteiger charge is -2.33. The first-order chi connectivity index (χ1) is 13.9. The summed E-state index contributed by atoms with van der Waals surface area (Å²) in [6.45, 7) is 5.13. The number of amides is 2. The number of carbonyl (C=O) groups is 2. The number of piperidine rings is 1. The fourth-order valence-corrected chi connectivity index (χ4v) is 3.73. The zero-order valence-corrected chi connectivity index (χ0v) is 17.6. The van der Waals surface area contributed by atoms with Gasteiger partial charge in [0.2, 0.25) is 5.91 Å². The highest BCUT2D eigenvalue weighted by Crippen LogP contribution is 2.41. The van der Waals surface area contributed by atoms with E-state index in [2.05, 4.69) is 10.3 Å². The molecule has 29 heavy (non-hydrogen) atoms. The molecular weight excluding hydrogens is 374 g/mol. The van der Waals surface area contributed by atoms with Crippen molar-refractivity contribution in [2.24, 2.45) is 5.92 Å². The number of likely N-dealkylation sites (tertiary alicyclic amines) is 1. The summed E-state index contributed by atoms with van der Waals surface area (Å²) < 4.78 is 16.3. The average molecular weight is 403 g/mol. The summed E-state index contributed by atoms with van der Waals surface area (Å²) >= 11 is 0. The van der Waals surface area contributed by atoms with Gasteiger partial charge in [-0.2, -0.15) is 0 Å². The highest BCUT2D eigenvalue weighted by Gasteiger charge is 2.26. The predicted octanol–water partition coefficient (Wildman–Crippen LogP) is 2.57. The minimum atomic E-state index is -0.196. The molecule has 1 aromatic carbocycles. The molecule has 0 unspecified atom stereocenters. The van der Waals surface area contributed by atoms with Crippen LogP contribution < -0.4 is 19.5 Å². The third-order valence-electron chi connectivity index (χ3n) is 5.32. The van der Waals surface area contributed by atoms with Crippen molar-refractivity contribution in [2.75, 3.05) is 34.4 Å². The topological polar surface area (TPSA) is 92.9 Å². The molecule has 8 heteroatoms.